The SMILES string of the molecule is COc1cc(C)c(S(=O)(=O)Nc2ccc(-c3nc4cccnc4s3)cc2C)cc1C. The molecule has 1 N–H and O–H groups in total. The lowest BCUT2D eigenvalue weighted by atomic mass is 10.1. The highest BCUT2D eigenvalue weighted by Crippen LogP contribution is 2.32. The van der Waals surface area contributed by atoms with Gasteiger partial charge in [0.25, 0.3) is 10.0 Å². The van der Waals surface area contributed by atoms with Gasteiger partial charge in [-0.15, -0.1) is 0 Å². The van der Waals surface area contributed by atoms with Crippen molar-refractivity contribution in [3.05, 3.63) is 65.4 Å². The van der Waals surface area contributed by atoms with Crippen LogP contribution in [0.15, 0.2) is 53.6 Å². The molecule has 4 aromatic rings. The lowest BCUT2D eigenvalue weighted by molar-refractivity contribution is 0.411. The number of pyridine rings is 1. The van der Waals surface area contributed by atoms with Crippen molar-refractivity contribution in [2.24, 2.45) is 0 Å². The van der Waals surface area contributed by atoms with Gasteiger partial charge in [-0.2, -0.15) is 0 Å². The second-order valence-corrected chi connectivity index (χ2v) is 9.70. The number of methoxy groups -OCH3 is 1. The number of benzene rings is 2. The normalized spacial score (nSPS) is 11.6. The number of hydrogen-bond donors (Lipinski definition) is 1. The first-order chi connectivity index (χ1) is 14.3. The maximum Gasteiger partial charge on any atom is 0.262 e. The fourth-order valence-electron chi connectivity index (χ4n) is 3.28. The minimum atomic E-state index is -3.74. The molecule has 2 aromatic carbocycles. The fraction of sp³-hybridized carbons (Fsp3) is 0.182. The molecule has 0 amide bonds. The second-order valence-electron chi connectivity index (χ2n) is 7.07. The number of aryl methyl sites for hydroxylation is 3. The molecule has 0 radical (unpaired) electrons. The summed E-state index contributed by atoms with van der Waals surface area (Å²) in [5, 5.41) is 0.850. The van der Waals surface area contributed by atoms with Crippen LogP contribution in [0, 0.1) is 20.8 Å². The molecule has 30 heavy (non-hydrogen) atoms. The number of anilines is 1. The highest BCUT2D eigenvalue weighted by atomic mass is 32.2. The Balaban J connectivity index is 1.66. The number of hydrogen-bond acceptors (Lipinski definition) is 6. The van der Waals surface area contributed by atoms with Crippen LogP contribution in [0.5, 0.6) is 5.75 Å². The first kappa shape index (κ1) is 20.3. The molecule has 2 heterocycles. The number of aromatic nitrogens is 2. The molecule has 0 atom stereocenters. The van der Waals surface area contributed by atoms with E-state index in [1.165, 1.54) is 11.3 Å². The van der Waals surface area contributed by atoms with Crippen molar-refractivity contribution in [2.45, 2.75) is 25.7 Å². The van der Waals surface area contributed by atoms with Gasteiger partial charge in [0.05, 0.1) is 17.7 Å². The summed E-state index contributed by atoms with van der Waals surface area (Å²) in [6, 6.07) is 12.7. The van der Waals surface area contributed by atoms with Crippen molar-refractivity contribution >= 4 is 37.4 Å². The maximum absolute atomic E-state index is 13.0. The first-order valence-corrected chi connectivity index (χ1v) is 11.6. The van der Waals surface area contributed by atoms with E-state index in [4.69, 9.17) is 4.74 Å². The standard InChI is InChI=1S/C22H21N3O3S2/c1-13-10-16(21-24-18-6-5-9-23-22(18)29-21)7-8-17(13)25-30(26,27)20-12-14(2)19(28-4)11-15(20)3/h5-12,25H,1-4H3. The van der Waals surface area contributed by atoms with Crippen LogP contribution in [0.25, 0.3) is 20.9 Å². The average Bonchev–Trinajstić information content (AvgIpc) is 3.15. The van der Waals surface area contributed by atoms with E-state index in [0.29, 0.717) is 17.0 Å². The van der Waals surface area contributed by atoms with Crippen molar-refractivity contribution in [2.75, 3.05) is 11.8 Å². The fourth-order valence-corrected chi connectivity index (χ4v) is 5.62. The Labute approximate surface area is 179 Å². The monoisotopic (exact) mass is 439 g/mol. The van der Waals surface area contributed by atoms with Gasteiger partial charge in [-0.05, 0) is 79.9 Å². The van der Waals surface area contributed by atoms with Gasteiger partial charge in [-0.3, -0.25) is 4.72 Å². The van der Waals surface area contributed by atoms with E-state index < -0.39 is 10.0 Å². The van der Waals surface area contributed by atoms with E-state index in [0.717, 1.165) is 32.0 Å². The predicted molar refractivity (Wildman–Crippen MR) is 121 cm³/mol. The van der Waals surface area contributed by atoms with E-state index in [-0.39, 0.29) is 4.90 Å². The van der Waals surface area contributed by atoms with E-state index >= 15 is 0 Å². The topological polar surface area (TPSA) is 81.2 Å². The number of sulfonamides is 1. The number of thiazole rings is 1. The zero-order valence-corrected chi connectivity index (χ0v) is 18.7. The minimum Gasteiger partial charge on any atom is -0.496 e. The summed E-state index contributed by atoms with van der Waals surface area (Å²) in [6.07, 6.45) is 1.75. The molecular weight excluding hydrogens is 418 g/mol. The second kappa shape index (κ2) is 7.70. The molecule has 8 heteroatoms. The molecule has 0 saturated heterocycles. The van der Waals surface area contributed by atoms with Gasteiger partial charge in [0.2, 0.25) is 0 Å². The van der Waals surface area contributed by atoms with E-state index in [1.54, 1.807) is 38.4 Å². The van der Waals surface area contributed by atoms with Gasteiger partial charge in [0.1, 0.15) is 21.1 Å². The van der Waals surface area contributed by atoms with Crippen LogP contribution in [0.2, 0.25) is 0 Å². The Kier molecular flexibility index (Phi) is 5.21. The van der Waals surface area contributed by atoms with Crippen LogP contribution in [0.4, 0.5) is 5.69 Å². The highest BCUT2D eigenvalue weighted by molar-refractivity contribution is 7.92. The molecule has 0 aliphatic rings. The predicted octanol–water partition coefficient (Wildman–Crippen LogP) is 5.09. The van der Waals surface area contributed by atoms with Crippen LogP contribution >= 0.6 is 11.3 Å². The zero-order valence-electron chi connectivity index (χ0n) is 17.1. The summed E-state index contributed by atoms with van der Waals surface area (Å²) in [5.74, 6) is 0.664. The molecule has 0 unspecified atom stereocenters. The first-order valence-electron chi connectivity index (χ1n) is 9.29. The van der Waals surface area contributed by atoms with Crippen LogP contribution in [0.1, 0.15) is 16.7 Å². The number of rotatable bonds is 5. The van der Waals surface area contributed by atoms with Crippen molar-refractivity contribution in [3.63, 3.8) is 0 Å². The Hall–Kier alpha value is -2.97. The number of nitrogens with zero attached hydrogens (tertiary/aromatic N) is 2. The molecule has 0 bridgehead atoms. The van der Waals surface area contributed by atoms with Crippen molar-refractivity contribution in [1.29, 1.82) is 0 Å². The lowest BCUT2D eigenvalue weighted by Gasteiger charge is -2.15. The average molecular weight is 440 g/mol. The molecule has 0 spiro atoms. The van der Waals surface area contributed by atoms with Gasteiger partial charge in [0.15, 0.2) is 0 Å². The summed E-state index contributed by atoms with van der Waals surface area (Å²) in [6.45, 7) is 5.46. The van der Waals surface area contributed by atoms with E-state index in [1.807, 2.05) is 38.1 Å². The van der Waals surface area contributed by atoms with Gasteiger partial charge in [-0.1, -0.05) is 11.3 Å². The molecular formula is C22H21N3O3S2. The lowest BCUT2D eigenvalue weighted by Crippen LogP contribution is -2.15. The van der Waals surface area contributed by atoms with Gasteiger partial charge < -0.3 is 4.74 Å². The van der Waals surface area contributed by atoms with Gasteiger partial charge in [-0.25, -0.2) is 18.4 Å². The number of fused-ring (bicyclic) bond motifs is 1. The van der Waals surface area contributed by atoms with E-state index in [2.05, 4.69) is 14.7 Å². The quantitative estimate of drug-likeness (QED) is 0.468. The Morgan fingerprint density at radius 2 is 1.80 bits per heavy atom. The van der Waals surface area contributed by atoms with Crippen LogP contribution in [-0.2, 0) is 10.0 Å². The molecule has 6 nitrogen and oxygen atoms in total. The van der Waals surface area contributed by atoms with Crippen LogP contribution in [-0.4, -0.2) is 25.5 Å². The summed E-state index contributed by atoms with van der Waals surface area (Å²) in [4.78, 5) is 10.1. The van der Waals surface area contributed by atoms with Crippen molar-refractivity contribution < 1.29 is 13.2 Å². The van der Waals surface area contributed by atoms with Crippen LogP contribution < -0.4 is 9.46 Å². The number of nitrogens with one attached hydrogen (secondary N) is 1. The molecule has 2 aromatic heterocycles. The zero-order chi connectivity index (χ0) is 21.5. The molecule has 0 fully saturated rings. The van der Waals surface area contributed by atoms with Crippen molar-refractivity contribution in [3.8, 4) is 16.3 Å². The maximum atomic E-state index is 13.0. The summed E-state index contributed by atoms with van der Waals surface area (Å²) in [5.41, 5.74) is 4.51. The third-order valence-electron chi connectivity index (χ3n) is 4.87. The third-order valence-corrected chi connectivity index (χ3v) is 7.40. The highest BCUT2D eigenvalue weighted by Gasteiger charge is 2.20. The van der Waals surface area contributed by atoms with Gasteiger partial charge in [0, 0.05) is 11.8 Å². The smallest absolute Gasteiger partial charge is 0.262 e. The largest absolute Gasteiger partial charge is 0.496 e. The van der Waals surface area contributed by atoms with Crippen LogP contribution in [0.3, 0.4) is 0 Å². The molecule has 154 valence electrons. The third kappa shape index (κ3) is 3.76. The number of ether oxygens (including phenoxy) is 1. The summed E-state index contributed by atoms with van der Waals surface area (Å²) in [7, 11) is -2.17. The van der Waals surface area contributed by atoms with E-state index in [9.17, 15) is 8.42 Å². The molecule has 0 aliphatic heterocycles. The molecule has 0 aliphatic carbocycles. The Morgan fingerprint density at radius 3 is 2.50 bits per heavy atom. The van der Waals surface area contributed by atoms with Gasteiger partial charge >= 0.3 is 0 Å². The Morgan fingerprint density at radius 1 is 1.00 bits per heavy atom. The Bertz CT molecular complexity index is 1330. The summed E-state index contributed by atoms with van der Waals surface area (Å²) >= 11 is 1.51. The minimum absolute atomic E-state index is 0.238. The summed E-state index contributed by atoms with van der Waals surface area (Å²) < 4.78 is 34.1. The molecule has 0 saturated carbocycles. The molecule has 4 rings (SSSR count). The van der Waals surface area contributed by atoms with Crippen molar-refractivity contribution in [1.82, 2.24) is 9.97 Å².